The number of piperidine rings is 1. The number of benzene rings is 1. The first kappa shape index (κ1) is 18.7. The van der Waals surface area contributed by atoms with Crippen LogP contribution in [0.5, 0.6) is 0 Å². The minimum absolute atomic E-state index is 0. The summed E-state index contributed by atoms with van der Waals surface area (Å²) in [6.45, 7) is 2.95. The van der Waals surface area contributed by atoms with Gasteiger partial charge in [0.15, 0.2) is 5.96 Å². The summed E-state index contributed by atoms with van der Waals surface area (Å²) in [5.41, 5.74) is 2.33. The Labute approximate surface area is 161 Å². The quantitative estimate of drug-likeness (QED) is 0.444. The number of halogens is 1. The molecule has 1 aliphatic heterocycles. The lowest BCUT2D eigenvalue weighted by atomic mass is 10.1. The second-order valence-corrected chi connectivity index (χ2v) is 5.86. The predicted octanol–water partition coefficient (Wildman–Crippen LogP) is 4.20. The molecule has 2 heterocycles. The Balaban J connectivity index is 0.00000208. The van der Waals surface area contributed by atoms with Crippen molar-refractivity contribution in [2.24, 2.45) is 4.99 Å². The molecule has 1 saturated heterocycles. The van der Waals surface area contributed by atoms with Gasteiger partial charge in [0.05, 0.1) is 0 Å². The number of aliphatic imine (C=N–C) groups is 1. The number of aromatic nitrogens is 1. The summed E-state index contributed by atoms with van der Waals surface area (Å²) >= 11 is 0. The lowest BCUT2D eigenvalue weighted by Gasteiger charge is -2.30. The van der Waals surface area contributed by atoms with Crippen LogP contribution in [0.2, 0.25) is 0 Å². The van der Waals surface area contributed by atoms with E-state index in [1.807, 2.05) is 36.7 Å². The van der Waals surface area contributed by atoms with Gasteiger partial charge in [-0.3, -0.25) is 9.98 Å². The second kappa shape index (κ2) is 10.3. The van der Waals surface area contributed by atoms with Crippen LogP contribution in [0.25, 0.3) is 0 Å². The number of guanidine groups is 1. The van der Waals surface area contributed by atoms with Crippen LogP contribution in [-0.2, 0) is 6.42 Å². The van der Waals surface area contributed by atoms with Gasteiger partial charge in [-0.1, -0.05) is 24.3 Å². The van der Waals surface area contributed by atoms with Crippen molar-refractivity contribution in [3.05, 3.63) is 60.4 Å². The van der Waals surface area contributed by atoms with Crippen LogP contribution in [0.15, 0.2) is 59.9 Å². The van der Waals surface area contributed by atoms with Gasteiger partial charge < -0.3 is 10.2 Å². The maximum Gasteiger partial charge on any atom is 0.198 e. The van der Waals surface area contributed by atoms with E-state index in [1.54, 1.807) is 0 Å². The van der Waals surface area contributed by atoms with Gasteiger partial charge in [0, 0.05) is 37.7 Å². The number of pyridine rings is 1. The maximum absolute atomic E-state index is 4.84. The Bertz CT molecular complexity index is 610. The van der Waals surface area contributed by atoms with Crippen molar-refractivity contribution in [2.45, 2.75) is 25.7 Å². The molecule has 24 heavy (non-hydrogen) atoms. The van der Waals surface area contributed by atoms with Gasteiger partial charge in [-0.05, 0) is 49.4 Å². The van der Waals surface area contributed by atoms with Gasteiger partial charge in [0.2, 0.25) is 0 Å². The molecule has 1 aromatic heterocycles. The lowest BCUT2D eigenvalue weighted by molar-refractivity contribution is 0.340. The number of hydrogen-bond donors (Lipinski definition) is 1. The molecule has 5 heteroatoms. The zero-order valence-corrected chi connectivity index (χ0v) is 16.2. The molecule has 0 aliphatic carbocycles. The molecule has 4 nitrogen and oxygen atoms in total. The van der Waals surface area contributed by atoms with E-state index in [4.69, 9.17) is 4.99 Å². The van der Waals surface area contributed by atoms with E-state index >= 15 is 0 Å². The molecule has 3 rings (SSSR count). The van der Waals surface area contributed by atoms with Crippen molar-refractivity contribution in [3.63, 3.8) is 0 Å². The lowest BCUT2D eigenvalue weighted by Crippen LogP contribution is -2.40. The van der Waals surface area contributed by atoms with Gasteiger partial charge in [-0.25, -0.2) is 0 Å². The summed E-state index contributed by atoms with van der Waals surface area (Å²) in [6, 6.07) is 14.4. The number of hydrogen-bond acceptors (Lipinski definition) is 2. The number of nitrogens with one attached hydrogen (secondary N) is 1. The van der Waals surface area contributed by atoms with Crippen LogP contribution in [0.3, 0.4) is 0 Å². The maximum atomic E-state index is 4.84. The van der Waals surface area contributed by atoms with E-state index in [1.165, 1.54) is 24.8 Å². The van der Waals surface area contributed by atoms with E-state index in [0.29, 0.717) is 0 Å². The summed E-state index contributed by atoms with van der Waals surface area (Å²) in [4.78, 5) is 11.4. The smallest absolute Gasteiger partial charge is 0.198 e. The van der Waals surface area contributed by atoms with E-state index in [2.05, 4.69) is 33.4 Å². The summed E-state index contributed by atoms with van der Waals surface area (Å²) < 4.78 is 0. The molecule has 128 valence electrons. The number of anilines is 1. The highest BCUT2D eigenvalue weighted by Crippen LogP contribution is 2.12. The monoisotopic (exact) mass is 436 g/mol. The third-order valence-corrected chi connectivity index (χ3v) is 4.07. The molecule has 0 spiro atoms. The second-order valence-electron chi connectivity index (χ2n) is 5.86. The molecule has 1 aliphatic rings. The Morgan fingerprint density at radius 3 is 2.54 bits per heavy atom. The van der Waals surface area contributed by atoms with Gasteiger partial charge in [0.1, 0.15) is 0 Å². The molecule has 0 unspecified atom stereocenters. The molecular formula is C19H25IN4. The number of rotatable bonds is 4. The fraction of sp³-hybridized carbons (Fsp3) is 0.368. The van der Waals surface area contributed by atoms with Crippen molar-refractivity contribution >= 4 is 35.6 Å². The van der Waals surface area contributed by atoms with Crippen molar-refractivity contribution in [1.82, 2.24) is 9.88 Å². The van der Waals surface area contributed by atoms with E-state index in [0.717, 1.165) is 37.7 Å². The summed E-state index contributed by atoms with van der Waals surface area (Å²) in [7, 11) is 0. The van der Waals surface area contributed by atoms with E-state index in [9.17, 15) is 0 Å². The normalized spacial score (nSPS) is 14.8. The van der Waals surface area contributed by atoms with Gasteiger partial charge >= 0.3 is 0 Å². The molecular weight excluding hydrogens is 411 g/mol. The molecule has 0 bridgehead atoms. The third-order valence-electron chi connectivity index (χ3n) is 4.07. The zero-order valence-electron chi connectivity index (χ0n) is 13.9. The average molecular weight is 436 g/mol. The van der Waals surface area contributed by atoms with Crippen molar-refractivity contribution in [3.8, 4) is 0 Å². The summed E-state index contributed by atoms with van der Waals surface area (Å²) in [5.74, 6) is 1.000. The highest BCUT2D eigenvalue weighted by Gasteiger charge is 2.14. The predicted molar refractivity (Wildman–Crippen MR) is 111 cm³/mol. The van der Waals surface area contributed by atoms with Crippen LogP contribution >= 0.6 is 24.0 Å². The van der Waals surface area contributed by atoms with Crippen LogP contribution in [0.1, 0.15) is 24.8 Å². The van der Waals surface area contributed by atoms with Crippen LogP contribution in [-0.4, -0.2) is 35.5 Å². The van der Waals surface area contributed by atoms with Crippen LogP contribution in [0.4, 0.5) is 5.69 Å². The molecule has 0 amide bonds. The largest absolute Gasteiger partial charge is 0.343 e. The number of likely N-dealkylation sites (tertiary alicyclic amines) is 1. The van der Waals surface area contributed by atoms with Crippen molar-refractivity contribution in [2.75, 3.05) is 25.0 Å². The van der Waals surface area contributed by atoms with Crippen LogP contribution in [0, 0.1) is 0 Å². The Kier molecular flexibility index (Phi) is 8.01. The van der Waals surface area contributed by atoms with Gasteiger partial charge in [-0.15, -0.1) is 24.0 Å². The fourth-order valence-electron chi connectivity index (χ4n) is 2.81. The zero-order chi connectivity index (χ0) is 15.7. The minimum atomic E-state index is 0. The Morgan fingerprint density at radius 2 is 1.83 bits per heavy atom. The SMILES string of the molecule is I.c1ccc(NC(=NCCc2cccnc2)N2CCCCC2)cc1. The molecule has 1 N–H and O–H groups in total. The van der Waals surface area contributed by atoms with Gasteiger partial charge in [-0.2, -0.15) is 0 Å². The first-order chi connectivity index (χ1) is 11.4. The van der Waals surface area contributed by atoms with E-state index in [-0.39, 0.29) is 24.0 Å². The molecule has 2 aromatic rings. The Morgan fingerprint density at radius 1 is 1.04 bits per heavy atom. The number of para-hydroxylation sites is 1. The van der Waals surface area contributed by atoms with Crippen LogP contribution < -0.4 is 5.32 Å². The molecule has 0 atom stereocenters. The average Bonchev–Trinajstić information content (AvgIpc) is 2.63. The first-order valence-electron chi connectivity index (χ1n) is 8.42. The van der Waals surface area contributed by atoms with Crippen molar-refractivity contribution < 1.29 is 0 Å². The topological polar surface area (TPSA) is 40.5 Å². The third kappa shape index (κ3) is 5.78. The molecule has 0 radical (unpaired) electrons. The highest BCUT2D eigenvalue weighted by molar-refractivity contribution is 14.0. The molecule has 1 fully saturated rings. The van der Waals surface area contributed by atoms with E-state index < -0.39 is 0 Å². The standard InChI is InChI=1S/C19H24N4.HI/c1-3-9-18(10-4-1)22-19(23-14-5-2-6-15-23)21-13-11-17-8-7-12-20-16-17;/h1,3-4,7-10,12,16H,2,5-6,11,13-15H2,(H,21,22);1H. The fourth-order valence-corrected chi connectivity index (χ4v) is 2.81. The Hall–Kier alpha value is -1.63. The summed E-state index contributed by atoms with van der Waals surface area (Å²) in [5, 5.41) is 3.50. The number of nitrogens with zero attached hydrogens (tertiary/aromatic N) is 3. The molecule has 1 aromatic carbocycles. The molecule has 0 saturated carbocycles. The minimum Gasteiger partial charge on any atom is -0.343 e. The summed E-state index contributed by atoms with van der Waals surface area (Å²) in [6.07, 6.45) is 8.46. The van der Waals surface area contributed by atoms with Crippen molar-refractivity contribution in [1.29, 1.82) is 0 Å². The highest BCUT2D eigenvalue weighted by atomic mass is 127. The van der Waals surface area contributed by atoms with Gasteiger partial charge in [0.25, 0.3) is 0 Å². The first-order valence-corrected chi connectivity index (χ1v) is 8.42.